The van der Waals surface area contributed by atoms with Crippen molar-refractivity contribution in [2.24, 2.45) is 0 Å². The fraction of sp³-hybridized carbons (Fsp3) is 0.273. The monoisotopic (exact) mass is 277 g/mol. The van der Waals surface area contributed by atoms with Gasteiger partial charge in [0.15, 0.2) is 0 Å². The fourth-order valence-electron chi connectivity index (χ4n) is 1.47. The second-order valence-corrected chi connectivity index (χ2v) is 3.74. The van der Waals surface area contributed by atoms with Gasteiger partial charge in [0.25, 0.3) is 0 Å². The molecule has 0 unspecified atom stereocenters. The first-order chi connectivity index (χ1) is 8.29. The standard InChI is InChI=1S/C11H7ClF3NO2/c12-4-6-1-8(11(13,14)15)2-7(5-16)9(6)3-10(17)18/h1-2H,3-4H2,(H,17,18). The van der Waals surface area contributed by atoms with Crippen LogP contribution < -0.4 is 0 Å². The molecule has 0 bridgehead atoms. The summed E-state index contributed by atoms with van der Waals surface area (Å²) in [5.41, 5.74) is -1.30. The SMILES string of the molecule is N#Cc1cc(C(F)(F)F)cc(CCl)c1CC(=O)O. The number of hydrogen-bond acceptors (Lipinski definition) is 2. The minimum atomic E-state index is -4.60. The summed E-state index contributed by atoms with van der Waals surface area (Å²) in [5.74, 6) is -1.53. The third-order valence-electron chi connectivity index (χ3n) is 2.26. The van der Waals surface area contributed by atoms with Crippen LogP contribution in [-0.4, -0.2) is 11.1 Å². The van der Waals surface area contributed by atoms with E-state index in [0.717, 1.165) is 6.07 Å². The molecule has 0 amide bonds. The highest BCUT2D eigenvalue weighted by Gasteiger charge is 2.32. The van der Waals surface area contributed by atoms with Crippen molar-refractivity contribution in [3.8, 4) is 6.07 Å². The van der Waals surface area contributed by atoms with Gasteiger partial charge in [0, 0.05) is 5.88 Å². The van der Waals surface area contributed by atoms with Crippen LogP contribution in [0.15, 0.2) is 12.1 Å². The molecular formula is C11H7ClF3NO2. The van der Waals surface area contributed by atoms with E-state index >= 15 is 0 Å². The van der Waals surface area contributed by atoms with Crippen LogP contribution in [0.3, 0.4) is 0 Å². The topological polar surface area (TPSA) is 61.1 Å². The van der Waals surface area contributed by atoms with Crippen LogP contribution in [0, 0.1) is 11.3 Å². The summed E-state index contributed by atoms with van der Waals surface area (Å²) >= 11 is 5.50. The van der Waals surface area contributed by atoms with Crippen LogP contribution in [0.5, 0.6) is 0 Å². The Balaban J connectivity index is 3.45. The molecule has 96 valence electrons. The molecule has 0 aromatic heterocycles. The average Bonchev–Trinajstić information content (AvgIpc) is 2.26. The van der Waals surface area contributed by atoms with Gasteiger partial charge in [0.2, 0.25) is 0 Å². The molecule has 1 aromatic carbocycles. The van der Waals surface area contributed by atoms with Crippen LogP contribution in [0.1, 0.15) is 22.3 Å². The van der Waals surface area contributed by atoms with E-state index < -0.39 is 24.1 Å². The lowest BCUT2D eigenvalue weighted by Crippen LogP contribution is -2.11. The molecule has 0 radical (unpaired) electrons. The summed E-state index contributed by atoms with van der Waals surface area (Å²) in [7, 11) is 0. The quantitative estimate of drug-likeness (QED) is 0.864. The number of rotatable bonds is 3. The van der Waals surface area contributed by atoms with Gasteiger partial charge >= 0.3 is 12.1 Å². The first-order valence-electron chi connectivity index (χ1n) is 4.70. The zero-order chi connectivity index (χ0) is 13.9. The molecule has 0 fully saturated rings. The number of carboxylic acid groups (broad SMARTS) is 1. The number of hydrogen-bond donors (Lipinski definition) is 1. The smallest absolute Gasteiger partial charge is 0.416 e. The first-order valence-corrected chi connectivity index (χ1v) is 5.24. The van der Waals surface area contributed by atoms with E-state index in [1.807, 2.05) is 0 Å². The third kappa shape index (κ3) is 3.14. The van der Waals surface area contributed by atoms with Crippen molar-refractivity contribution in [1.82, 2.24) is 0 Å². The zero-order valence-electron chi connectivity index (χ0n) is 8.88. The van der Waals surface area contributed by atoms with Crippen LogP contribution in [0.2, 0.25) is 0 Å². The molecule has 1 aromatic rings. The Morgan fingerprint density at radius 1 is 1.44 bits per heavy atom. The van der Waals surface area contributed by atoms with Crippen LogP contribution in [0.25, 0.3) is 0 Å². The predicted octanol–water partition coefficient (Wildman–Crippen LogP) is 2.94. The minimum Gasteiger partial charge on any atom is -0.481 e. The van der Waals surface area contributed by atoms with E-state index in [9.17, 15) is 18.0 Å². The highest BCUT2D eigenvalue weighted by atomic mass is 35.5. The predicted molar refractivity (Wildman–Crippen MR) is 57.1 cm³/mol. The van der Waals surface area contributed by atoms with Crippen molar-refractivity contribution in [1.29, 1.82) is 5.26 Å². The number of aliphatic carboxylic acids is 1. The zero-order valence-corrected chi connectivity index (χ0v) is 9.64. The number of carbonyl (C=O) groups is 1. The highest BCUT2D eigenvalue weighted by Crippen LogP contribution is 2.32. The second-order valence-electron chi connectivity index (χ2n) is 3.48. The van der Waals surface area contributed by atoms with Gasteiger partial charge in [-0.1, -0.05) is 0 Å². The summed E-state index contributed by atoms with van der Waals surface area (Å²) in [6.45, 7) is 0. The van der Waals surface area contributed by atoms with Crippen LogP contribution in [0.4, 0.5) is 13.2 Å². The maximum absolute atomic E-state index is 12.5. The lowest BCUT2D eigenvalue weighted by molar-refractivity contribution is -0.137. The first kappa shape index (κ1) is 14.3. The van der Waals surface area contributed by atoms with Gasteiger partial charge in [-0.25, -0.2) is 0 Å². The molecule has 0 saturated carbocycles. The van der Waals surface area contributed by atoms with Gasteiger partial charge in [-0.05, 0) is 23.3 Å². The Hall–Kier alpha value is -1.74. The van der Waals surface area contributed by atoms with E-state index in [0.29, 0.717) is 6.07 Å². The van der Waals surface area contributed by atoms with E-state index in [4.69, 9.17) is 22.0 Å². The van der Waals surface area contributed by atoms with Gasteiger partial charge in [0.05, 0.1) is 23.6 Å². The second kappa shape index (κ2) is 5.27. The van der Waals surface area contributed by atoms with Crippen molar-refractivity contribution in [3.63, 3.8) is 0 Å². The normalized spacial score (nSPS) is 11.1. The molecule has 7 heteroatoms. The summed E-state index contributed by atoms with van der Waals surface area (Å²) < 4.78 is 37.6. The van der Waals surface area contributed by atoms with Crippen LogP contribution >= 0.6 is 11.6 Å². The number of carboxylic acids is 1. The van der Waals surface area contributed by atoms with E-state index in [1.54, 1.807) is 6.07 Å². The van der Waals surface area contributed by atoms with Crippen molar-refractivity contribution in [2.75, 3.05) is 0 Å². The van der Waals surface area contributed by atoms with E-state index in [1.165, 1.54) is 0 Å². The van der Waals surface area contributed by atoms with Crippen molar-refractivity contribution >= 4 is 17.6 Å². The van der Waals surface area contributed by atoms with Gasteiger partial charge in [-0.3, -0.25) is 4.79 Å². The number of nitrogens with zero attached hydrogens (tertiary/aromatic N) is 1. The lowest BCUT2D eigenvalue weighted by Gasteiger charge is -2.13. The maximum atomic E-state index is 12.5. The average molecular weight is 278 g/mol. The Morgan fingerprint density at radius 3 is 2.44 bits per heavy atom. The molecule has 1 rings (SSSR count). The Bertz CT molecular complexity index is 520. The molecule has 0 aliphatic rings. The van der Waals surface area contributed by atoms with Gasteiger partial charge < -0.3 is 5.11 Å². The maximum Gasteiger partial charge on any atom is 0.416 e. The van der Waals surface area contributed by atoms with Crippen molar-refractivity contribution in [2.45, 2.75) is 18.5 Å². The molecule has 0 aliphatic carbocycles. The molecular weight excluding hydrogens is 271 g/mol. The van der Waals surface area contributed by atoms with E-state index in [2.05, 4.69) is 0 Å². The van der Waals surface area contributed by atoms with Gasteiger partial charge in [0.1, 0.15) is 0 Å². The number of alkyl halides is 4. The molecule has 0 aliphatic heterocycles. The molecule has 3 nitrogen and oxygen atoms in total. The summed E-state index contributed by atoms with van der Waals surface area (Å²) in [4.78, 5) is 10.6. The Kier molecular flexibility index (Phi) is 4.19. The molecule has 0 atom stereocenters. The lowest BCUT2D eigenvalue weighted by atomic mass is 9.96. The summed E-state index contributed by atoms with van der Waals surface area (Å²) in [6, 6.07) is 2.97. The largest absolute Gasteiger partial charge is 0.481 e. The summed E-state index contributed by atoms with van der Waals surface area (Å²) in [5, 5.41) is 17.4. The van der Waals surface area contributed by atoms with Crippen molar-refractivity contribution in [3.05, 3.63) is 34.4 Å². The molecule has 1 N–H and O–H groups in total. The fourth-order valence-corrected chi connectivity index (χ4v) is 1.71. The third-order valence-corrected chi connectivity index (χ3v) is 2.55. The Labute approximate surface area is 105 Å². The van der Waals surface area contributed by atoms with Crippen LogP contribution in [-0.2, 0) is 23.3 Å². The van der Waals surface area contributed by atoms with E-state index in [-0.39, 0.29) is 22.6 Å². The van der Waals surface area contributed by atoms with Crippen molar-refractivity contribution < 1.29 is 23.1 Å². The number of nitriles is 1. The Morgan fingerprint density at radius 2 is 2.06 bits per heavy atom. The molecule has 0 heterocycles. The highest BCUT2D eigenvalue weighted by molar-refractivity contribution is 6.17. The minimum absolute atomic E-state index is 0.00504. The number of benzene rings is 1. The van der Waals surface area contributed by atoms with Gasteiger partial charge in [-0.2, -0.15) is 18.4 Å². The number of halogens is 4. The molecule has 0 saturated heterocycles. The molecule has 18 heavy (non-hydrogen) atoms. The van der Waals surface area contributed by atoms with Gasteiger partial charge in [-0.15, -0.1) is 11.6 Å². The molecule has 0 spiro atoms. The summed E-state index contributed by atoms with van der Waals surface area (Å²) in [6.07, 6.45) is -5.14.